The summed E-state index contributed by atoms with van der Waals surface area (Å²) in [5.74, 6) is -0.654. The van der Waals surface area contributed by atoms with E-state index < -0.39 is 28.6 Å². The number of aryl methyl sites for hydroxylation is 1. The van der Waals surface area contributed by atoms with Crippen LogP contribution < -0.4 is 10.7 Å². The second kappa shape index (κ2) is 7.54. The lowest BCUT2D eigenvalue weighted by Crippen LogP contribution is -2.45. The predicted octanol–water partition coefficient (Wildman–Crippen LogP) is 3.87. The first-order valence-electron chi connectivity index (χ1n) is 8.56. The molecule has 0 saturated heterocycles. The standard InChI is InChI=1S/C19H22F3N3O2/c1-5-9-18(3,4)23-17(27)16-15(26)10-12(2)25(24-16)14-8-6-7-13(11-14)19(20,21)22/h6-8,10-11H,5,9H2,1-4H3,(H,23,27). The quantitative estimate of drug-likeness (QED) is 0.855. The number of hydrogen-bond acceptors (Lipinski definition) is 3. The Hall–Kier alpha value is -2.64. The molecule has 1 N–H and O–H groups in total. The van der Waals surface area contributed by atoms with Gasteiger partial charge in [-0.15, -0.1) is 0 Å². The molecular formula is C19H22F3N3O2. The SMILES string of the molecule is CCCC(C)(C)NC(=O)c1nn(-c2cccc(C(F)(F)F)c2)c(C)cc1=O. The van der Waals surface area contributed by atoms with Crippen LogP contribution in [0, 0.1) is 6.92 Å². The average molecular weight is 381 g/mol. The van der Waals surface area contributed by atoms with Crippen molar-refractivity contribution in [3.05, 3.63) is 57.5 Å². The average Bonchev–Trinajstić information content (AvgIpc) is 2.53. The minimum atomic E-state index is -4.51. The van der Waals surface area contributed by atoms with Gasteiger partial charge in [0.2, 0.25) is 5.43 Å². The number of alkyl halides is 3. The third-order valence-corrected chi connectivity index (χ3v) is 4.07. The summed E-state index contributed by atoms with van der Waals surface area (Å²) in [5, 5.41) is 6.79. The van der Waals surface area contributed by atoms with Gasteiger partial charge in [0.15, 0.2) is 5.69 Å². The number of nitrogens with zero attached hydrogens (tertiary/aromatic N) is 2. The van der Waals surface area contributed by atoms with Gasteiger partial charge >= 0.3 is 6.18 Å². The van der Waals surface area contributed by atoms with Gasteiger partial charge < -0.3 is 5.32 Å². The van der Waals surface area contributed by atoms with Crippen LogP contribution in [0.25, 0.3) is 5.69 Å². The lowest BCUT2D eigenvalue weighted by atomic mass is 9.99. The Bertz CT molecular complexity index is 902. The number of nitrogens with one attached hydrogen (secondary N) is 1. The highest BCUT2D eigenvalue weighted by atomic mass is 19.4. The van der Waals surface area contributed by atoms with E-state index in [1.54, 1.807) is 0 Å². The fourth-order valence-corrected chi connectivity index (χ4v) is 2.83. The summed E-state index contributed by atoms with van der Waals surface area (Å²) in [6, 6.07) is 5.74. The second-order valence-corrected chi connectivity index (χ2v) is 7.05. The van der Waals surface area contributed by atoms with Gasteiger partial charge in [-0.1, -0.05) is 19.4 Å². The summed E-state index contributed by atoms with van der Waals surface area (Å²) in [6.07, 6.45) is -2.97. The summed E-state index contributed by atoms with van der Waals surface area (Å²) in [5.41, 5.74) is -1.88. The number of carbonyl (C=O) groups is 1. The zero-order valence-electron chi connectivity index (χ0n) is 15.6. The highest BCUT2D eigenvalue weighted by molar-refractivity contribution is 5.92. The molecule has 8 heteroatoms. The molecule has 5 nitrogen and oxygen atoms in total. The van der Waals surface area contributed by atoms with E-state index in [1.807, 2.05) is 20.8 Å². The molecule has 0 aliphatic heterocycles. The third-order valence-electron chi connectivity index (χ3n) is 4.07. The van der Waals surface area contributed by atoms with Crippen molar-refractivity contribution < 1.29 is 18.0 Å². The van der Waals surface area contributed by atoms with Crippen LogP contribution in [-0.2, 0) is 6.18 Å². The molecule has 0 saturated carbocycles. The zero-order valence-corrected chi connectivity index (χ0v) is 15.6. The lowest BCUT2D eigenvalue weighted by molar-refractivity contribution is -0.137. The van der Waals surface area contributed by atoms with E-state index in [2.05, 4.69) is 10.4 Å². The van der Waals surface area contributed by atoms with Crippen molar-refractivity contribution in [2.45, 2.75) is 52.3 Å². The van der Waals surface area contributed by atoms with E-state index in [4.69, 9.17) is 0 Å². The maximum atomic E-state index is 13.0. The molecule has 0 atom stereocenters. The van der Waals surface area contributed by atoms with Gasteiger partial charge in [0.1, 0.15) is 0 Å². The minimum absolute atomic E-state index is 0.115. The maximum Gasteiger partial charge on any atom is 0.416 e. The van der Waals surface area contributed by atoms with Crippen LogP contribution >= 0.6 is 0 Å². The van der Waals surface area contributed by atoms with Crippen molar-refractivity contribution in [3.63, 3.8) is 0 Å². The molecule has 1 heterocycles. The number of hydrogen-bond donors (Lipinski definition) is 1. The van der Waals surface area contributed by atoms with Gasteiger partial charge in [-0.25, -0.2) is 4.68 Å². The van der Waals surface area contributed by atoms with Gasteiger partial charge in [-0.3, -0.25) is 9.59 Å². The van der Waals surface area contributed by atoms with Crippen LogP contribution in [0.1, 0.15) is 55.4 Å². The molecule has 27 heavy (non-hydrogen) atoms. The summed E-state index contributed by atoms with van der Waals surface area (Å²) < 4.78 is 40.1. The molecule has 146 valence electrons. The van der Waals surface area contributed by atoms with Gasteiger partial charge in [0.25, 0.3) is 5.91 Å². The Kier molecular flexibility index (Phi) is 5.77. The Labute approximate surface area is 155 Å². The van der Waals surface area contributed by atoms with Crippen molar-refractivity contribution in [1.29, 1.82) is 0 Å². The Balaban J connectivity index is 2.48. The fraction of sp³-hybridized carbons (Fsp3) is 0.421. The van der Waals surface area contributed by atoms with Crippen molar-refractivity contribution in [3.8, 4) is 5.69 Å². The number of carbonyl (C=O) groups excluding carboxylic acids is 1. The highest BCUT2D eigenvalue weighted by Gasteiger charge is 2.31. The number of halogens is 3. The van der Waals surface area contributed by atoms with Crippen LogP contribution in [0.15, 0.2) is 35.1 Å². The van der Waals surface area contributed by atoms with Crippen molar-refractivity contribution in [2.75, 3.05) is 0 Å². The Morgan fingerprint density at radius 1 is 1.22 bits per heavy atom. The largest absolute Gasteiger partial charge is 0.416 e. The van der Waals surface area contributed by atoms with E-state index in [1.165, 1.54) is 29.8 Å². The smallest absolute Gasteiger partial charge is 0.346 e. The number of rotatable bonds is 5. The Morgan fingerprint density at radius 2 is 1.89 bits per heavy atom. The molecule has 2 aromatic rings. The molecule has 1 aromatic heterocycles. The summed E-state index contributed by atoms with van der Waals surface area (Å²) >= 11 is 0. The molecule has 0 unspecified atom stereocenters. The van der Waals surface area contributed by atoms with E-state index >= 15 is 0 Å². The normalized spacial score (nSPS) is 12.1. The minimum Gasteiger partial charge on any atom is -0.346 e. The molecule has 0 aliphatic carbocycles. The molecule has 0 radical (unpaired) electrons. The molecule has 0 spiro atoms. The molecular weight excluding hydrogens is 359 g/mol. The van der Waals surface area contributed by atoms with Crippen LogP contribution in [0.2, 0.25) is 0 Å². The number of benzene rings is 1. The number of aromatic nitrogens is 2. The first kappa shape index (κ1) is 20.7. The van der Waals surface area contributed by atoms with E-state index in [9.17, 15) is 22.8 Å². The summed E-state index contributed by atoms with van der Waals surface area (Å²) in [7, 11) is 0. The molecule has 0 fully saturated rings. The first-order valence-corrected chi connectivity index (χ1v) is 8.56. The van der Waals surface area contributed by atoms with E-state index in [-0.39, 0.29) is 11.4 Å². The third kappa shape index (κ3) is 4.96. The molecule has 2 rings (SSSR count). The van der Waals surface area contributed by atoms with Crippen molar-refractivity contribution in [2.24, 2.45) is 0 Å². The maximum absolute atomic E-state index is 13.0. The van der Waals surface area contributed by atoms with Crippen LogP contribution in [0.3, 0.4) is 0 Å². The summed E-state index contributed by atoms with van der Waals surface area (Å²) in [6.45, 7) is 7.16. The first-order chi connectivity index (χ1) is 12.4. The molecule has 0 aliphatic rings. The van der Waals surface area contributed by atoms with Crippen molar-refractivity contribution in [1.82, 2.24) is 15.1 Å². The van der Waals surface area contributed by atoms with E-state index in [0.29, 0.717) is 12.1 Å². The monoisotopic (exact) mass is 381 g/mol. The van der Waals surface area contributed by atoms with Gasteiger partial charge in [-0.05, 0) is 45.4 Å². The Morgan fingerprint density at radius 3 is 2.48 bits per heavy atom. The molecule has 1 amide bonds. The topological polar surface area (TPSA) is 64.0 Å². The van der Waals surface area contributed by atoms with Gasteiger partial charge in [0.05, 0.1) is 11.3 Å². The van der Waals surface area contributed by atoms with Crippen molar-refractivity contribution >= 4 is 5.91 Å². The van der Waals surface area contributed by atoms with Crippen LogP contribution in [-0.4, -0.2) is 21.2 Å². The van der Waals surface area contributed by atoms with Crippen LogP contribution in [0.4, 0.5) is 13.2 Å². The highest BCUT2D eigenvalue weighted by Crippen LogP contribution is 2.30. The second-order valence-electron chi connectivity index (χ2n) is 7.05. The van der Waals surface area contributed by atoms with Gasteiger partial charge in [0, 0.05) is 17.3 Å². The summed E-state index contributed by atoms with van der Waals surface area (Å²) in [4.78, 5) is 24.7. The van der Waals surface area contributed by atoms with Crippen LogP contribution in [0.5, 0.6) is 0 Å². The predicted molar refractivity (Wildman–Crippen MR) is 96.0 cm³/mol. The van der Waals surface area contributed by atoms with E-state index in [0.717, 1.165) is 18.6 Å². The fourth-order valence-electron chi connectivity index (χ4n) is 2.83. The molecule has 1 aromatic carbocycles. The lowest BCUT2D eigenvalue weighted by Gasteiger charge is -2.25. The number of amides is 1. The zero-order chi connectivity index (χ0) is 20.4. The molecule has 0 bridgehead atoms. The van der Waals surface area contributed by atoms with Gasteiger partial charge in [-0.2, -0.15) is 18.3 Å².